The minimum Gasteiger partial charge on any atom is -0.368 e. The molecule has 0 saturated heterocycles. The van der Waals surface area contributed by atoms with Crippen LogP contribution in [0.2, 0.25) is 0 Å². The molecule has 0 aromatic carbocycles. The summed E-state index contributed by atoms with van der Waals surface area (Å²) in [5.74, 6) is 0.293. The van der Waals surface area contributed by atoms with Crippen molar-refractivity contribution in [3.63, 3.8) is 0 Å². The Labute approximate surface area is 57.7 Å². The number of nitrogens with two attached hydrogens (primary N) is 1. The molecule has 2 aromatic heterocycles. The SMILES string of the molecule is [2H]c1nc(N)c2[nH]cnc2[nH+]1. The van der Waals surface area contributed by atoms with Crippen LogP contribution in [0.5, 0.6) is 0 Å². The molecule has 0 saturated carbocycles. The molecular formula is C5H6N5+. The monoisotopic (exact) mass is 137 g/mol. The first-order valence-electron chi connectivity index (χ1n) is 3.26. The number of hydrogen-bond acceptors (Lipinski definition) is 3. The lowest BCUT2D eigenvalue weighted by molar-refractivity contribution is -0.352. The zero-order valence-electron chi connectivity index (χ0n) is 6.05. The molecule has 0 amide bonds. The van der Waals surface area contributed by atoms with Crippen molar-refractivity contribution in [3.05, 3.63) is 12.6 Å². The standard InChI is InChI=1S/C5H5N5/c6-4-3-5(9-1-7-3)10-2-8-4/h1-2H,(H3,6,7,8,9,10)/p+1/i2D. The fourth-order valence-corrected chi connectivity index (χ4v) is 0.781. The zero-order valence-corrected chi connectivity index (χ0v) is 5.05. The highest BCUT2D eigenvalue weighted by Crippen LogP contribution is 2.06. The third-order valence-electron chi connectivity index (χ3n) is 1.25. The molecular weight excluding hydrogens is 130 g/mol. The summed E-state index contributed by atoms with van der Waals surface area (Å²) in [5.41, 5.74) is 6.68. The molecule has 50 valence electrons. The molecule has 0 fully saturated rings. The highest BCUT2D eigenvalue weighted by atomic mass is 15.0. The van der Waals surface area contributed by atoms with Crippen LogP contribution < -0.4 is 10.7 Å². The number of aromatic nitrogens is 4. The van der Waals surface area contributed by atoms with Crippen molar-refractivity contribution < 1.29 is 6.35 Å². The van der Waals surface area contributed by atoms with Gasteiger partial charge in [-0.05, 0) is 0 Å². The molecule has 0 unspecified atom stereocenters. The fourth-order valence-electron chi connectivity index (χ4n) is 0.781. The van der Waals surface area contributed by atoms with E-state index in [1.807, 2.05) is 0 Å². The van der Waals surface area contributed by atoms with Gasteiger partial charge in [-0.15, -0.1) is 0 Å². The van der Waals surface area contributed by atoms with Crippen LogP contribution in [0.25, 0.3) is 11.2 Å². The van der Waals surface area contributed by atoms with E-state index in [2.05, 4.69) is 19.9 Å². The number of H-pyrrole nitrogens is 2. The highest BCUT2D eigenvalue weighted by Gasteiger charge is 2.06. The lowest BCUT2D eigenvalue weighted by atomic mass is 10.5. The van der Waals surface area contributed by atoms with Crippen molar-refractivity contribution in [2.24, 2.45) is 0 Å². The van der Waals surface area contributed by atoms with Gasteiger partial charge in [-0.1, -0.05) is 9.97 Å². The minimum absolute atomic E-state index is 0.0158. The number of anilines is 1. The Morgan fingerprint density at radius 2 is 2.60 bits per heavy atom. The average molecular weight is 137 g/mol. The number of nitrogens with zero attached hydrogens (tertiary/aromatic N) is 2. The lowest BCUT2D eigenvalue weighted by Crippen LogP contribution is -2.06. The first-order chi connectivity index (χ1) is 5.27. The lowest BCUT2D eigenvalue weighted by Gasteiger charge is -1.82. The maximum Gasteiger partial charge on any atom is 0.290 e. The summed E-state index contributed by atoms with van der Waals surface area (Å²) in [4.78, 5) is 13.0. The number of nitrogens with one attached hydrogen (secondary N) is 2. The van der Waals surface area contributed by atoms with Gasteiger partial charge in [0.1, 0.15) is 1.37 Å². The van der Waals surface area contributed by atoms with Gasteiger partial charge in [0.05, 0.1) is 0 Å². The van der Waals surface area contributed by atoms with E-state index in [4.69, 9.17) is 7.10 Å². The van der Waals surface area contributed by atoms with E-state index in [9.17, 15) is 0 Å². The van der Waals surface area contributed by atoms with Crippen molar-refractivity contribution >= 4 is 17.0 Å². The van der Waals surface area contributed by atoms with Gasteiger partial charge in [0.15, 0.2) is 11.8 Å². The summed E-state index contributed by atoms with van der Waals surface area (Å²) in [7, 11) is 0. The van der Waals surface area contributed by atoms with Gasteiger partial charge < -0.3 is 10.7 Å². The van der Waals surface area contributed by atoms with E-state index < -0.39 is 0 Å². The Morgan fingerprint density at radius 1 is 1.70 bits per heavy atom. The predicted octanol–water partition coefficient (Wildman–Crippen LogP) is -0.646. The van der Waals surface area contributed by atoms with E-state index >= 15 is 0 Å². The molecule has 0 aliphatic rings. The molecule has 0 bridgehead atoms. The van der Waals surface area contributed by atoms with E-state index in [-0.39, 0.29) is 6.30 Å². The zero-order chi connectivity index (χ0) is 7.84. The van der Waals surface area contributed by atoms with E-state index in [1.165, 1.54) is 6.33 Å². The summed E-state index contributed by atoms with van der Waals surface area (Å²) >= 11 is 0. The van der Waals surface area contributed by atoms with Gasteiger partial charge in [-0.25, -0.2) is 4.98 Å². The molecule has 0 radical (unpaired) electrons. The Morgan fingerprint density at radius 3 is 3.50 bits per heavy atom. The molecule has 0 aliphatic heterocycles. The number of nitrogen functional groups attached to an aromatic ring is 1. The number of hydrogen-bond donors (Lipinski definition) is 2. The topological polar surface area (TPSA) is 81.7 Å². The fraction of sp³-hybridized carbons (Fsp3) is 0. The molecule has 0 aliphatic carbocycles. The normalized spacial score (nSPS) is 11.8. The maximum atomic E-state index is 7.16. The molecule has 2 rings (SSSR count). The summed E-state index contributed by atoms with van der Waals surface area (Å²) in [5, 5.41) is 0. The third kappa shape index (κ3) is 0.540. The van der Waals surface area contributed by atoms with Gasteiger partial charge in [0.25, 0.3) is 5.65 Å². The summed E-state index contributed by atoms with van der Waals surface area (Å²) in [6.45, 7) is 0. The Balaban J connectivity index is 2.91. The van der Waals surface area contributed by atoms with Gasteiger partial charge in [0.2, 0.25) is 12.1 Å². The number of imidazole rings is 1. The van der Waals surface area contributed by atoms with Crippen LogP contribution in [-0.2, 0) is 0 Å². The van der Waals surface area contributed by atoms with E-state index in [1.54, 1.807) is 0 Å². The largest absolute Gasteiger partial charge is 0.368 e. The third-order valence-corrected chi connectivity index (χ3v) is 1.25. The summed E-state index contributed by atoms with van der Waals surface area (Å²) in [6, 6.07) is 0. The van der Waals surface area contributed by atoms with Crippen molar-refractivity contribution in [2.45, 2.75) is 0 Å². The summed E-state index contributed by atoms with van der Waals surface area (Å²) < 4.78 is 7.16. The number of rotatable bonds is 0. The molecule has 10 heavy (non-hydrogen) atoms. The molecule has 5 heteroatoms. The van der Waals surface area contributed by atoms with Crippen molar-refractivity contribution in [2.75, 3.05) is 5.73 Å². The average Bonchev–Trinajstić information content (AvgIpc) is 2.34. The van der Waals surface area contributed by atoms with Crippen LogP contribution in [0.4, 0.5) is 5.82 Å². The smallest absolute Gasteiger partial charge is 0.290 e. The second kappa shape index (κ2) is 1.66. The quantitative estimate of drug-likeness (QED) is 0.506. The minimum atomic E-state index is 0.0158. The molecule has 2 aromatic rings. The van der Waals surface area contributed by atoms with Gasteiger partial charge in [0, 0.05) is 0 Å². The molecule has 4 N–H and O–H groups in total. The first-order valence-corrected chi connectivity index (χ1v) is 2.76. The molecule has 5 nitrogen and oxygen atoms in total. The molecule has 0 atom stereocenters. The van der Waals surface area contributed by atoms with Crippen LogP contribution in [0.15, 0.2) is 12.6 Å². The van der Waals surface area contributed by atoms with Gasteiger partial charge in [-0.2, -0.15) is 0 Å². The number of aromatic amines is 2. The summed E-state index contributed by atoms with van der Waals surface area (Å²) in [6.07, 6.45) is 1.51. The van der Waals surface area contributed by atoms with E-state index in [0.717, 1.165) is 0 Å². The van der Waals surface area contributed by atoms with Crippen molar-refractivity contribution in [3.8, 4) is 0 Å². The second-order valence-corrected chi connectivity index (χ2v) is 1.86. The Kier molecular flexibility index (Phi) is 0.700. The van der Waals surface area contributed by atoms with Crippen LogP contribution in [0.3, 0.4) is 0 Å². The Bertz CT molecular complexity index is 395. The van der Waals surface area contributed by atoms with Crippen LogP contribution in [0.1, 0.15) is 1.37 Å². The second-order valence-electron chi connectivity index (χ2n) is 1.86. The Hall–Kier alpha value is -1.65. The molecule has 2 heterocycles. The van der Waals surface area contributed by atoms with E-state index in [0.29, 0.717) is 17.0 Å². The van der Waals surface area contributed by atoms with Gasteiger partial charge >= 0.3 is 0 Å². The maximum absolute atomic E-state index is 7.16. The predicted molar refractivity (Wildman–Crippen MR) is 34.9 cm³/mol. The first kappa shape index (κ1) is 4.21. The number of fused-ring (bicyclic) bond motifs is 1. The van der Waals surface area contributed by atoms with Crippen LogP contribution in [-0.4, -0.2) is 15.0 Å². The molecule has 0 spiro atoms. The van der Waals surface area contributed by atoms with Crippen LogP contribution in [0, 0.1) is 0 Å². The van der Waals surface area contributed by atoms with Crippen molar-refractivity contribution in [1.82, 2.24) is 15.0 Å². The van der Waals surface area contributed by atoms with Gasteiger partial charge in [-0.3, -0.25) is 0 Å². The highest BCUT2D eigenvalue weighted by molar-refractivity contribution is 5.77. The van der Waals surface area contributed by atoms with Crippen LogP contribution >= 0.6 is 0 Å². The van der Waals surface area contributed by atoms with Crippen molar-refractivity contribution in [1.29, 1.82) is 0 Å².